The van der Waals surface area contributed by atoms with Gasteiger partial charge in [-0.1, -0.05) is 6.07 Å². The van der Waals surface area contributed by atoms with Gasteiger partial charge in [-0.3, -0.25) is 0 Å². The number of ether oxygens (including phenoxy) is 1. The van der Waals surface area contributed by atoms with Crippen LogP contribution in [0.2, 0.25) is 0 Å². The molecule has 0 bridgehead atoms. The lowest BCUT2D eigenvalue weighted by molar-refractivity contribution is 0.382. The van der Waals surface area contributed by atoms with Crippen molar-refractivity contribution in [3.63, 3.8) is 0 Å². The van der Waals surface area contributed by atoms with Crippen molar-refractivity contribution in [2.45, 2.75) is 11.8 Å². The molecule has 0 radical (unpaired) electrons. The van der Waals surface area contributed by atoms with Crippen molar-refractivity contribution < 1.29 is 13.2 Å². The zero-order valence-corrected chi connectivity index (χ0v) is 12.5. The molecule has 9 heteroatoms. The topological polar surface area (TPSA) is 97.0 Å². The summed E-state index contributed by atoms with van der Waals surface area (Å²) in [4.78, 5) is 3.91. The summed E-state index contributed by atoms with van der Waals surface area (Å²) in [6.07, 6.45) is 0. The fraction of sp³-hybridized carbons (Fsp3) is 0.200. The monoisotopic (exact) mass is 346 g/mol. The number of halogens is 1. The zero-order valence-electron chi connectivity index (χ0n) is 10.1. The molecule has 0 aliphatic carbocycles. The van der Waals surface area contributed by atoms with Crippen molar-refractivity contribution in [2.24, 2.45) is 0 Å². The third-order valence-electron chi connectivity index (χ3n) is 2.26. The van der Waals surface area contributed by atoms with E-state index in [-0.39, 0.29) is 16.9 Å². The molecule has 0 spiro atoms. The number of benzene rings is 1. The van der Waals surface area contributed by atoms with Crippen LogP contribution in [0.25, 0.3) is 0 Å². The van der Waals surface area contributed by atoms with Crippen LogP contribution in [0, 0.1) is 6.92 Å². The van der Waals surface area contributed by atoms with E-state index in [9.17, 15) is 8.42 Å². The van der Waals surface area contributed by atoms with E-state index in [2.05, 4.69) is 35.8 Å². The average Bonchev–Trinajstić information content (AvgIpc) is 2.75. The fourth-order valence-corrected chi connectivity index (χ4v) is 3.54. The van der Waals surface area contributed by atoms with Gasteiger partial charge in [-0.2, -0.15) is 4.98 Å². The minimum absolute atomic E-state index is 0.00988. The van der Waals surface area contributed by atoms with Crippen molar-refractivity contribution in [3.8, 4) is 6.01 Å². The van der Waals surface area contributed by atoms with Crippen LogP contribution >= 0.6 is 15.9 Å². The summed E-state index contributed by atoms with van der Waals surface area (Å²) in [5.74, 6) is -0.00988. The molecule has 0 saturated carbocycles. The van der Waals surface area contributed by atoms with Crippen LogP contribution in [0.4, 0.5) is 5.95 Å². The molecular formula is C10H11BrN4O3S. The number of hydrogen-bond acceptors (Lipinski definition) is 5. The minimum atomic E-state index is -3.74. The van der Waals surface area contributed by atoms with Crippen LogP contribution in [0.15, 0.2) is 27.6 Å². The Kier molecular flexibility index (Phi) is 3.76. The molecular weight excluding hydrogens is 336 g/mol. The summed E-state index contributed by atoms with van der Waals surface area (Å²) in [6, 6.07) is 4.99. The molecule has 2 aromatic rings. The summed E-state index contributed by atoms with van der Waals surface area (Å²) in [5.41, 5.74) is 0.951. The molecule has 1 heterocycles. The van der Waals surface area contributed by atoms with Gasteiger partial charge in [0.2, 0.25) is 5.95 Å². The Labute approximate surface area is 118 Å². The van der Waals surface area contributed by atoms with Crippen molar-refractivity contribution >= 4 is 31.9 Å². The van der Waals surface area contributed by atoms with E-state index in [0.29, 0.717) is 4.47 Å². The van der Waals surface area contributed by atoms with Gasteiger partial charge in [0, 0.05) is 4.47 Å². The van der Waals surface area contributed by atoms with E-state index in [1.807, 2.05) is 6.92 Å². The molecule has 0 aliphatic heterocycles. The Morgan fingerprint density at radius 1 is 1.42 bits per heavy atom. The van der Waals surface area contributed by atoms with Crippen molar-refractivity contribution in [3.05, 3.63) is 28.2 Å². The van der Waals surface area contributed by atoms with E-state index in [0.717, 1.165) is 5.56 Å². The smallest absolute Gasteiger partial charge is 0.336 e. The van der Waals surface area contributed by atoms with Gasteiger partial charge in [0.15, 0.2) is 0 Å². The van der Waals surface area contributed by atoms with E-state index < -0.39 is 10.0 Å². The Hall–Kier alpha value is -1.61. The molecule has 1 aromatic heterocycles. The molecule has 102 valence electrons. The van der Waals surface area contributed by atoms with Crippen LogP contribution in [0.3, 0.4) is 0 Å². The largest absolute Gasteiger partial charge is 0.466 e. The van der Waals surface area contributed by atoms with Gasteiger partial charge < -0.3 is 4.74 Å². The number of sulfonamides is 1. The second kappa shape index (κ2) is 5.17. The van der Waals surface area contributed by atoms with Crippen LogP contribution in [-0.4, -0.2) is 30.7 Å². The molecule has 2 rings (SSSR count). The van der Waals surface area contributed by atoms with Crippen molar-refractivity contribution in [1.29, 1.82) is 0 Å². The second-order valence-electron chi connectivity index (χ2n) is 3.71. The van der Waals surface area contributed by atoms with Gasteiger partial charge in [-0.25, -0.2) is 18.2 Å². The normalized spacial score (nSPS) is 11.3. The first kappa shape index (κ1) is 13.8. The first-order valence-corrected chi connectivity index (χ1v) is 7.45. The standard InChI is InChI=1S/C10H11BrN4O3S/c1-6-3-4-8(7(11)5-6)19(16,17)15-9-12-10(18-2)14-13-9/h3-5H,1-2H3,(H2,12,13,14,15). The molecule has 0 saturated heterocycles. The SMILES string of the molecule is COc1n[nH]c(NS(=O)(=O)c2ccc(C)cc2Br)n1. The molecule has 1 aromatic carbocycles. The number of methoxy groups -OCH3 is 1. The van der Waals surface area contributed by atoms with Gasteiger partial charge in [-0.05, 0) is 40.5 Å². The molecule has 19 heavy (non-hydrogen) atoms. The number of aryl methyl sites for hydroxylation is 1. The zero-order chi connectivity index (χ0) is 14.0. The van der Waals surface area contributed by atoms with Gasteiger partial charge in [-0.15, -0.1) is 5.10 Å². The lowest BCUT2D eigenvalue weighted by Crippen LogP contribution is -2.14. The summed E-state index contributed by atoms with van der Waals surface area (Å²) >= 11 is 3.23. The fourth-order valence-electron chi connectivity index (χ4n) is 1.39. The predicted molar refractivity (Wildman–Crippen MR) is 72.6 cm³/mol. The van der Waals surface area contributed by atoms with Gasteiger partial charge in [0.1, 0.15) is 4.90 Å². The molecule has 2 N–H and O–H groups in total. The highest BCUT2D eigenvalue weighted by atomic mass is 79.9. The molecule has 0 atom stereocenters. The van der Waals surface area contributed by atoms with Crippen LogP contribution < -0.4 is 9.46 Å². The highest BCUT2D eigenvalue weighted by Gasteiger charge is 2.19. The summed E-state index contributed by atoms with van der Waals surface area (Å²) in [6.45, 7) is 1.87. The third-order valence-corrected chi connectivity index (χ3v) is 4.57. The molecule has 7 nitrogen and oxygen atoms in total. The highest BCUT2D eigenvalue weighted by molar-refractivity contribution is 9.10. The van der Waals surface area contributed by atoms with E-state index >= 15 is 0 Å². The molecule has 0 unspecified atom stereocenters. The summed E-state index contributed by atoms with van der Waals surface area (Å²) < 4.78 is 31.8. The number of hydrogen-bond donors (Lipinski definition) is 2. The average molecular weight is 347 g/mol. The molecule has 0 aliphatic rings. The van der Waals surface area contributed by atoms with Gasteiger partial charge in [0.25, 0.3) is 10.0 Å². The van der Waals surface area contributed by atoms with E-state index in [1.54, 1.807) is 12.1 Å². The van der Waals surface area contributed by atoms with Crippen LogP contribution in [-0.2, 0) is 10.0 Å². The second-order valence-corrected chi connectivity index (χ2v) is 6.22. The van der Waals surface area contributed by atoms with Crippen molar-refractivity contribution in [2.75, 3.05) is 11.8 Å². The number of nitrogens with one attached hydrogen (secondary N) is 2. The number of H-pyrrole nitrogens is 1. The first-order chi connectivity index (χ1) is 8.92. The highest BCUT2D eigenvalue weighted by Crippen LogP contribution is 2.24. The number of aromatic amines is 1. The summed E-state index contributed by atoms with van der Waals surface area (Å²) in [5, 5.41) is 6.07. The van der Waals surface area contributed by atoms with Gasteiger partial charge >= 0.3 is 6.01 Å². The maximum Gasteiger partial charge on any atom is 0.336 e. The maximum atomic E-state index is 12.2. The molecule has 0 amide bonds. The Bertz CT molecular complexity index is 699. The van der Waals surface area contributed by atoms with E-state index in [4.69, 9.17) is 4.74 Å². The first-order valence-electron chi connectivity index (χ1n) is 5.18. The number of nitrogens with zero attached hydrogens (tertiary/aromatic N) is 2. The van der Waals surface area contributed by atoms with Crippen LogP contribution in [0.1, 0.15) is 5.56 Å². The lowest BCUT2D eigenvalue weighted by Gasteiger charge is -2.07. The summed E-state index contributed by atoms with van der Waals surface area (Å²) in [7, 11) is -2.35. The maximum absolute atomic E-state index is 12.2. The van der Waals surface area contributed by atoms with Crippen molar-refractivity contribution in [1.82, 2.24) is 15.2 Å². The lowest BCUT2D eigenvalue weighted by atomic mass is 10.2. The van der Waals surface area contributed by atoms with Gasteiger partial charge in [0.05, 0.1) is 7.11 Å². The Morgan fingerprint density at radius 2 is 2.16 bits per heavy atom. The minimum Gasteiger partial charge on any atom is -0.466 e. The van der Waals surface area contributed by atoms with E-state index in [1.165, 1.54) is 13.2 Å². The molecule has 0 fully saturated rings. The third kappa shape index (κ3) is 3.04. The quantitative estimate of drug-likeness (QED) is 0.877. The predicted octanol–water partition coefficient (Wildman–Crippen LogP) is 1.69. The van der Waals surface area contributed by atoms with Crippen LogP contribution in [0.5, 0.6) is 6.01 Å². The number of anilines is 1. The Morgan fingerprint density at radius 3 is 2.74 bits per heavy atom. The number of aromatic nitrogens is 3. The number of rotatable bonds is 4. The Balaban J connectivity index is 2.32.